The third-order valence-corrected chi connectivity index (χ3v) is 6.86. The van der Waals surface area contributed by atoms with Crippen LogP contribution in [0, 0.1) is 22.6 Å². The summed E-state index contributed by atoms with van der Waals surface area (Å²) in [7, 11) is 0. The molecule has 2 nitrogen and oxygen atoms in total. The van der Waals surface area contributed by atoms with Gasteiger partial charge in [0.2, 0.25) is 5.91 Å². The van der Waals surface area contributed by atoms with Crippen molar-refractivity contribution in [2.75, 3.05) is 5.32 Å². The van der Waals surface area contributed by atoms with E-state index in [0.717, 1.165) is 5.56 Å². The number of hydrogen-bond donors (Lipinski definition) is 1. The van der Waals surface area contributed by atoms with Crippen LogP contribution in [0.3, 0.4) is 0 Å². The van der Waals surface area contributed by atoms with Crippen molar-refractivity contribution in [3.05, 3.63) is 29.1 Å². The maximum atomic E-state index is 14.5. The fraction of sp³-hybridized carbons (Fsp3) is 0.588. The van der Waals surface area contributed by atoms with Gasteiger partial charge < -0.3 is 5.32 Å². The number of fused-ring (bicyclic) bond motifs is 1. The van der Waals surface area contributed by atoms with Gasteiger partial charge >= 0.3 is 0 Å². The first-order chi connectivity index (χ1) is 9.66. The summed E-state index contributed by atoms with van der Waals surface area (Å²) >= 11 is 3.73. The molecule has 0 saturated heterocycles. The Balaban J connectivity index is 1.95. The predicted molar refractivity (Wildman–Crippen MR) is 86.1 cm³/mol. The van der Waals surface area contributed by atoms with Crippen LogP contribution in [0.1, 0.15) is 50.1 Å². The lowest BCUT2D eigenvalue weighted by molar-refractivity contribution is -0.116. The summed E-state index contributed by atoms with van der Waals surface area (Å²) in [5.74, 6) is 0.126. The van der Waals surface area contributed by atoms with Crippen LogP contribution in [0.2, 0.25) is 0 Å². The Morgan fingerprint density at radius 3 is 2.43 bits per heavy atom. The summed E-state index contributed by atoms with van der Waals surface area (Å²) in [5.41, 5.74) is 2.76. The van der Waals surface area contributed by atoms with Gasteiger partial charge in [-0.15, -0.1) is 0 Å². The molecule has 0 bridgehead atoms. The Bertz CT molecular complexity index is 609. The van der Waals surface area contributed by atoms with Crippen molar-refractivity contribution < 1.29 is 9.18 Å². The van der Waals surface area contributed by atoms with Gasteiger partial charge in [0.25, 0.3) is 0 Å². The zero-order chi connectivity index (χ0) is 15.6. The second kappa shape index (κ2) is 4.55. The molecule has 1 fully saturated rings. The number of alkyl halides is 1. The first-order valence-electron chi connectivity index (χ1n) is 7.42. The smallest absolute Gasteiger partial charge is 0.224 e. The molecule has 1 N–H and O–H groups in total. The largest absolute Gasteiger partial charge is 0.326 e. The van der Waals surface area contributed by atoms with Gasteiger partial charge in [-0.25, -0.2) is 4.39 Å². The van der Waals surface area contributed by atoms with Gasteiger partial charge in [-0.1, -0.05) is 43.6 Å². The summed E-state index contributed by atoms with van der Waals surface area (Å²) in [6.07, 6.45) is 1.16. The van der Waals surface area contributed by atoms with Gasteiger partial charge in [-0.2, -0.15) is 0 Å². The van der Waals surface area contributed by atoms with E-state index < -0.39 is 0 Å². The number of carbonyl (C=O) groups excluding carboxylic acids is 1. The van der Waals surface area contributed by atoms with Crippen molar-refractivity contribution in [2.45, 2.75) is 45.4 Å². The monoisotopic (exact) mass is 353 g/mol. The quantitative estimate of drug-likeness (QED) is 0.758. The topological polar surface area (TPSA) is 29.1 Å². The van der Waals surface area contributed by atoms with E-state index in [9.17, 15) is 9.18 Å². The summed E-state index contributed by atoms with van der Waals surface area (Å²) in [4.78, 5) is 11.4. The van der Waals surface area contributed by atoms with E-state index in [4.69, 9.17) is 0 Å². The van der Waals surface area contributed by atoms with Crippen molar-refractivity contribution in [1.29, 1.82) is 0 Å². The molecule has 21 heavy (non-hydrogen) atoms. The molecule has 2 aliphatic rings. The number of nitrogens with one attached hydrogen (secondary N) is 1. The number of anilines is 1. The number of rotatable bonds is 2. The van der Waals surface area contributed by atoms with E-state index in [1.165, 1.54) is 6.07 Å². The van der Waals surface area contributed by atoms with Crippen LogP contribution in [0.4, 0.5) is 10.1 Å². The molecule has 114 valence electrons. The highest BCUT2D eigenvalue weighted by molar-refractivity contribution is 9.09. The van der Waals surface area contributed by atoms with Crippen molar-refractivity contribution in [3.63, 3.8) is 0 Å². The molecule has 1 aliphatic carbocycles. The van der Waals surface area contributed by atoms with E-state index in [1.54, 1.807) is 0 Å². The normalized spacial score (nSPS) is 24.2. The summed E-state index contributed by atoms with van der Waals surface area (Å²) in [5, 5.41) is 2.75. The predicted octanol–water partition coefficient (Wildman–Crippen LogP) is 4.83. The van der Waals surface area contributed by atoms with E-state index in [0.29, 0.717) is 30.0 Å². The second-order valence-electron chi connectivity index (χ2n) is 7.40. The lowest BCUT2D eigenvalue weighted by atomic mass is 9.95. The highest BCUT2D eigenvalue weighted by Crippen LogP contribution is 2.74. The van der Waals surface area contributed by atoms with E-state index in [2.05, 4.69) is 48.9 Å². The molecule has 1 saturated carbocycles. The van der Waals surface area contributed by atoms with E-state index in [-0.39, 0.29) is 27.4 Å². The highest BCUT2D eigenvalue weighted by atomic mass is 79.9. The minimum atomic E-state index is -0.240. The molecule has 1 unspecified atom stereocenters. The van der Waals surface area contributed by atoms with Crippen molar-refractivity contribution in [3.8, 4) is 0 Å². The SMILES string of the molecule is CC1(C)C(C(Br)c2cc3c(cc2F)NC(=O)CC3)C1(C)C. The average molecular weight is 354 g/mol. The molecule has 1 aromatic rings. The molecule has 1 heterocycles. The molecule has 0 aromatic heterocycles. The molecule has 0 spiro atoms. The number of carbonyl (C=O) groups is 1. The molecular weight excluding hydrogens is 333 g/mol. The van der Waals surface area contributed by atoms with Gasteiger partial charge in [0.05, 0.1) is 0 Å². The third kappa shape index (κ3) is 2.14. The fourth-order valence-electron chi connectivity index (χ4n) is 3.79. The lowest BCUT2D eigenvalue weighted by Crippen LogP contribution is -2.19. The van der Waals surface area contributed by atoms with Gasteiger partial charge in [-0.3, -0.25) is 4.79 Å². The Hall–Kier alpha value is -0.900. The first-order valence-corrected chi connectivity index (χ1v) is 8.34. The fourth-order valence-corrected chi connectivity index (χ4v) is 5.46. The molecular formula is C17H21BrFNO. The summed E-state index contributed by atoms with van der Waals surface area (Å²) < 4.78 is 14.5. The van der Waals surface area contributed by atoms with E-state index >= 15 is 0 Å². The van der Waals surface area contributed by atoms with Crippen LogP contribution in [0.15, 0.2) is 12.1 Å². The van der Waals surface area contributed by atoms with Crippen molar-refractivity contribution in [1.82, 2.24) is 0 Å². The number of benzene rings is 1. The Morgan fingerprint density at radius 1 is 1.24 bits per heavy atom. The van der Waals surface area contributed by atoms with Gasteiger partial charge in [-0.05, 0) is 40.9 Å². The van der Waals surface area contributed by atoms with Gasteiger partial charge in [0.1, 0.15) is 5.82 Å². The highest BCUT2D eigenvalue weighted by Gasteiger charge is 2.67. The zero-order valence-corrected chi connectivity index (χ0v) is 14.5. The van der Waals surface area contributed by atoms with Crippen LogP contribution in [-0.2, 0) is 11.2 Å². The minimum absolute atomic E-state index is 0.00503. The minimum Gasteiger partial charge on any atom is -0.326 e. The Morgan fingerprint density at radius 2 is 1.86 bits per heavy atom. The third-order valence-electron chi connectivity index (χ3n) is 5.84. The van der Waals surface area contributed by atoms with Crippen LogP contribution < -0.4 is 5.32 Å². The standard InChI is InChI=1S/C17H21BrFNO/c1-16(2)15(17(16,3)4)14(18)10-7-9-5-6-13(21)20-12(9)8-11(10)19/h7-8,14-15H,5-6H2,1-4H3,(H,20,21). The maximum Gasteiger partial charge on any atom is 0.224 e. The summed E-state index contributed by atoms with van der Waals surface area (Å²) in [6, 6.07) is 3.40. The molecule has 1 aromatic carbocycles. The lowest BCUT2D eigenvalue weighted by Gasteiger charge is -2.21. The van der Waals surface area contributed by atoms with Crippen molar-refractivity contribution in [2.24, 2.45) is 16.7 Å². The molecule has 1 atom stereocenters. The average Bonchev–Trinajstić information content (AvgIpc) is 2.78. The molecule has 3 rings (SSSR count). The number of amides is 1. The maximum absolute atomic E-state index is 14.5. The summed E-state index contributed by atoms with van der Waals surface area (Å²) in [6.45, 7) is 8.95. The number of hydrogen-bond acceptors (Lipinski definition) is 1. The zero-order valence-electron chi connectivity index (χ0n) is 12.9. The molecule has 0 radical (unpaired) electrons. The first kappa shape index (κ1) is 15.0. The Labute approximate surface area is 133 Å². The van der Waals surface area contributed by atoms with E-state index in [1.807, 2.05) is 6.07 Å². The molecule has 1 aliphatic heterocycles. The van der Waals surface area contributed by atoms with Gasteiger partial charge in [0.15, 0.2) is 0 Å². The van der Waals surface area contributed by atoms with Crippen LogP contribution in [-0.4, -0.2) is 5.91 Å². The Kier molecular flexibility index (Phi) is 3.25. The van der Waals surface area contributed by atoms with Gasteiger partial charge in [0, 0.05) is 22.5 Å². The van der Waals surface area contributed by atoms with Crippen molar-refractivity contribution >= 4 is 27.5 Å². The molecule has 4 heteroatoms. The van der Waals surface area contributed by atoms with Crippen LogP contribution in [0.25, 0.3) is 0 Å². The number of aryl methyl sites for hydroxylation is 1. The van der Waals surface area contributed by atoms with Crippen LogP contribution >= 0.6 is 15.9 Å². The van der Waals surface area contributed by atoms with Crippen LogP contribution in [0.5, 0.6) is 0 Å². The number of halogens is 2. The second-order valence-corrected chi connectivity index (χ2v) is 8.39. The molecule has 1 amide bonds.